The fourth-order valence-corrected chi connectivity index (χ4v) is 3.44. The summed E-state index contributed by atoms with van der Waals surface area (Å²) in [5.74, 6) is 0.179. The van der Waals surface area contributed by atoms with Gasteiger partial charge in [-0.2, -0.15) is 0 Å². The molecule has 2 aromatic rings. The van der Waals surface area contributed by atoms with Gasteiger partial charge in [-0.25, -0.2) is 0 Å². The number of rotatable bonds is 6. The van der Waals surface area contributed by atoms with Crippen LogP contribution in [0.4, 0.5) is 0 Å². The minimum atomic E-state index is -0.0988. The van der Waals surface area contributed by atoms with Gasteiger partial charge >= 0.3 is 0 Å². The van der Waals surface area contributed by atoms with Gasteiger partial charge in [-0.15, -0.1) is 11.3 Å². The van der Waals surface area contributed by atoms with Gasteiger partial charge < -0.3 is 0 Å². The summed E-state index contributed by atoms with van der Waals surface area (Å²) < 4.78 is 0.788. The van der Waals surface area contributed by atoms with Crippen molar-refractivity contribution in [1.29, 1.82) is 0 Å². The zero-order valence-corrected chi connectivity index (χ0v) is 13.2. The number of benzene rings is 1. The lowest BCUT2D eigenvalue weighted by molar-refractivity contribution is 0.0839. The molecule has 0 aliphatic carbocycles. The van der Waals surface area contributed by atoms with Crippen molar-refractivity contribution in [1.82, 2.24) is 4.90 Å². The Morgan fingerprint density at radius 3 is 2.50 bits per heavy atom. The van der Waals surface area contributed by atoms with Gasteiger partial charge in [0.2, 0.25) is 0 Å². The smallest absolute Gasteiger partial charge is 0.179 e. The van der Waals surface area contributed by atoms with E-state index in [-0.39, 0.29) is 11.8 Å². The van der Waals surface area contributed by atoms with Gasteiger partial charge in [0, 0.05) is 17.0 Å². The molecule has 2 nitrogen and oxygen atoms in total. The Balaban J connectivity index is 2.09. The summed E-state index contributed by atoms with van der Waals surface area (Å²) >= 11 is 7.51. The standard InChI is InChI=1S/C16H18ClNOS/c1-3-14(16(19)12-7-5-4-6-8-12)18(2)11-13-9-10-15(17)20-13/h4-10,14H,3,11H2,1-2H3. The maximum atomic E-state index is 12.5. The highest BCUT2D eigenvalue weighted by Crippen LogP contribution is 2.23. The third-order valence-corrected chi connectivity index (χ3v) is 4.53. The van der Waals surface area contributed by atoms with E-state index in [1.807, 2.05) is 56.4 Å². The van der Waals surface area contributed by atoms with Crippen LogP contribution < -0.4 is 0 Å². The highest BCUT2D eigenvalue weighted by Gasteiger charge is 2.22. The molecule has 1 aromatic heterocycles. The van der Waals surface area contributed by atoms with E-state index in [1.54, 1.807) is 11.3 Å². The number of halogens is 1. The monoisotopic (exact) mass is 307 g/mol. The number of thiophene rings is 1. The van der Waals surface area contributed by atoms with E-state index >= 15 is 0 Å². The zero-order valence-electron chi connectivity index (χ0n) is 11.7. The zero-order chi connectivity index (χ0) is 14.5. The van der Waals surface area contributed by atoms with Gasteiger partial charge in [0.05, 0.1) is 10.4 Å². The van der Waals surface area contributed by atoms with Crippen molar-refractivity contribution in [2.75, 3.05) is 7.05 Å². The summed E-state index contributed by atoms with van der Waals surface area (Å²) in [4.78, 5) is 15.8. The summed E-state index contributed by atoms with van der Waals surface area (Å²) in [6.45, 7) is 2.79. The quantitative estimate of drug-likeness (QED) is 0.733. The predicted molar refractivity (Wildman–Crippen MR) is 85.6 cm³/mol. The lowest BCUT2D eigenvalue weighted by Gasteiger charge is -2.25. The third-order valence-electron chi connectivity index (χ3n) is 3.31. The van der Waals surface area contributed by atoms with Crippen LogP contribution in [0, 0.1) is 0 Å². The molecule has 0 aliphatic heterocycles. The second kappa shape index (κ2) is 7.02. The Morgan fingerprint density at radius 2 is 1.95 bits per heavy atom. The fourth-order valence-electron chi connectivity index (χ4n) is 2.28. The van der Waals surface area contributed by atoms with Gasteiger partial charge in [0.25, 0.3) is 0 Å². The number of Topliss-reactive ketones (excluding diaryl/α,β-unsaturated/α-hetero) is 1. The Kier molecular flexibility index (Phi) is 5.35. The van der Waals surface area contributed by atoms with E-state index in [4.69, 9.17) is 11.6 Å². The Morgan fingerprint density at radius 1 is 1.25 bits per heavy atom. The van der Waals surface area contributed by atoms with Crippen LogP contribution in [0.25, 0.3) is 0 Å². The third kappa shape index (κ3) is 3.69. The van der Waals surface area contributed by atoms with Crippen LogP contribution in [-0.2, 0) is 6.54 Å². The van der Waals surface area contributed by atoms with Crippen LogP contribution in [-0.4, -0.2) is 23.8 Å². The lowest BCUT2D eigenvalue weighted by Crippen LogP contribution is -2.37. The molecule has 0 amide bonds. The minimum absolute atomic E-state index is 0.0988. The van der Waals surface area contributed by atoms with E-state index < -0.39 is 0 Å². The Bertz CT molecular complexity index is 567. The van der Waals surface area contributed by atoms with Crippen LogP contribution in [0.2, 0.25) is 4.34 Å². The molecule has 0 aliphatic rings. The SMILES string of the molecule is CCC(C(=O)c1ccccc1)N(C)Cc1ccc(Cl)s1. The van der Waals surface area contributed by atoms with Gasteiger partial charge in [-0.05, 0) is 25.6 Å². The van der Waals surface area contributed by atoms with E-state index in [0.29, 0.717) is 0 Å². The van der Waals surface area contributed by atoms with Crippen LogP contribution >= 0.6 is 22.9 Å². The summed E-state index contributed by atoms with van der Waals surface area (Å²) in [6, 6.07) is 13.3. The molecule has 1 atom stereocenters. The van der Waals surface area contributed by atoms with Crippen molar-refractivity contribution < 1.29 is 4.79 Å². The number of ketones is 1. The van der Waals surface area contributed by atoms with Crippen LogP contribution in [0.5, 0.6) is 0 Å². The van der Waals surface area contributed by atoms with Crippen LogP contribution in [0.15, 0.2) is 42.5 Å². The molecule has 0 bridgehead atoms. The van der Waals surface area contributed by atoms with E-state index in [2.05, 4.69) is 4.90 Å². The number of carbonyl (C=O) groups is 1. The van der Waals surface area contributed by atoms with Gasteiger partial charge in [0.15, 0.2) is 5.78 Å². The largest absolute Gasteiger partial charge is 0.292 e. The summed E-state index contributed by atoms with van der Waals surface area (Å²) in [5.41, 5.74) is 0.774. The van der Waals surface area contributed by atoms with Crippen molar-refractivity contribution in [2.24, 2.45) is 0 Å². The van der Waals surface area contributed by atoms with Gasteiger partial charge in [-0.1, -0.05) is 48.9 Å². The van der Waals surface area contributed by atoms with Crippen molar-refractivity contribution in [3.05, 3.63) is 57.2 Å². The first-order valence-corrected chi connectivity index (χ1v) is 7.85. The molecule has 2 rings (SSSR count). The molecule has 106 valence electrons. The van der Waals surface area contributed by atoms with E-state index in [9.17, 15) is 4.79 Å². The van der Waals surface area contributed by atoms with Crippen molar-refractivity contribution in [2.45, 2.75) is 25.9 Å². The molecule has 1 unspecified atom stereocenters. The van der Waals surface area contributed by atoms with Gasteiger partial charge in [-0.3, -0.25) is 9.69 Å². The number of hydrogen-bond donors (Lipinski definition) is 0. The van der Waals surface area contributed by atoms with E-state index in [0.717, 1.165) is 22.9 Å². The minimum Gasteiger partial charge on any atom is -0.292 e. The topological polar surface area (TPSA) is 20.3 Å². The van der Waals surface area contributed by atoms with Crippen molar-refractivity contribution in [3.63, 3.8) is 0 Å². The molecule has 0 spiro atoms. The van der Waals surface area contributed by atoms with Gasteiger partial charge in [0.1, 0.15) is 0 Å². The average Bonchev–Trinajstić information content (AvgIpc) is 2.85. The highest BCUT2D eigenvalue weighted by atomic mass is 35.5. The molecular weight excluding hydrogens is 290 g/mol. The first kappa shape index (κ1) is 15.2. The molecular formula is C16H18ClNOS. The summed E-state index contributed by atoms with van der Waals surface area (Å²) in [5, 5.41) is 0. The lowest BCUT2D eigenvalue weighted by atomic mass is 10.0. The number of nitrogens with zero attached hydrogens (tertiary/aromatic N) is 1. The van der Waals surface area contributed by atoms with E-state index in [1.165, 1.54) is 4.88 Å². The average molecular weight is 308 g/mol. The maximum Gasteiger partial charge on any atom is 0.179 e. The second-order valence-electron chi connectivity index (χ2n) is 4.78. The maximum absolute atomic E-state index is 12.5. The van der Waals surface area contributed by atoms with Crippen LogP contribution in [0.1, 0.15) is 28.6 Å². The summed E-state index contributed by atoms with van der Waals surface area (Å²) in [6.07, 6.45) is 0.795. The molecule has 0 saturated carbocycles. The fraction of sp³-hybridized carbons (Fsp3) is 0.312. The molecule has 0 fully saturated rings. The molecule has 4 heteroatoms. The van der Waals surface area contributed by atoms with Crippen LogP contribution in [0.3, 0.4) is 0 Å². The predicted octanol–water partition coefficient (Wildman–Crippen LogP) is 4.49. The number of hydrogen-bond acceptors (Lipinski definition) is 3. The first-order chi connectivity index (χ1) is 9.61. The Hall–Kier alpha value is -1.16. The number of carbonyl (C=O) groups excluding carboxylic acids is 1. The van der Waals surface area contributed by atoms with Crippen molar-refractivity contribution in [3.8, 4) is 0 Å². The number of likely N-dealkylation sites (N-methyl/N-ethyl adjacent to an activating group) is 1. The highest BCUT2D eigenvalue weighted by molar-refractivity contribution is 7.16. The molecule has 0 saturated heterocycles. The first-order valence-electron chi connectivity index (χ1n) is 6.65. The molecule has 0 radical (unpaired) electrons. The Labute approximate surface area is 129 Å². The molecule has 1 heterocycles. The molecule has 20 heavy (non-hydrogen) atoms. The van der Waals surface area contributed by atoms with Crippen molar-refractivity contribution >= 4 is 28.7 Å². The molecule has 1 aromatic carbocycles. The molecule has 0 N–H and O–H groups in total. The summed E-state index contributed by atoms with van der Waals surface area (Å²) in [7, 11) is 1.99. The second-order valence-corrected chi connectivity index (χ2v) is 6.57. The normalized spacial score (nSPS) is 12.6.